The van der Waals surface area contributed by atoms with Crippen molar-refractivity contribution in [3.63, 3.8) is 0 Å². The first-order chi connectivity index (χ1) is 11.8. The van der Waals surface area contributed by atoms with Crippen molar-refractivity contribution in [3.8, 4) is 0 Å². The van der Waals surface area contributed by atoms with Crippen LogP contribution in [0.2, 0.25) is 0 Å². The van der Waals surface area contributed by atoms with Crippen LogP contribution in [-0.2, 0) is 14.3 Å². The van der Waals surface area contributed by atoms with Gasteiger partial charge in [-0.15, -0.1) is 0 Å². The van der Waals surface area contributed by atoms with Gasteiger partial charge in [0.1, 0.15) is 0 Å². The zero-order valence-electron chi connectivity index (χ0n) is 16.9. The van der Waals surface area contributed by atoms with E-state index in [1.165, 1.54) is 0 Å². The molecule has 1 heterocycles. The van der Waals surface area contributed by atoms with E-state index < -0.39 is 5.54 Å². The van der Waals surface area contributed by atoms with Gasteiger partial charge in [0.2, 0.25) is 11.8 Å². The van der Waals surface area contributed by atoms with Gasteiger partial charge >= 0.3 is 0 Å². The van der Waals surface area contributed by atoms with Crippen LogP contribution >= 0.6 is 0 Å². The van der Waals surface area contributed by atoms with Crippen LogP contribution < -0.4 is 10.6 Å². The molecule has 1 fully saturated rings. The molecule has 4 atom stereocenters. The quantitative estimate of drug-likeness (QED) is 0.663. The molecule has 146 valence electrons. The van der Waals surface area contributed by atoms with Crippen molar-refractivity contribution in [1.82, 2.24) is 15.5 Å². The highest BCUT2D eigenvalue weighted by Crippen LogP contribution is 2.22. The minimum Gasteiger partial charge on any atom is -0.379 e. The largest absolute Gasteiger partial charge is 0.379 e. The van der Waals surface area contributed by atoms with Gasteiger partial charge in [0.25, 0.3) is 0 Å². The fourth-order valence-electron chi connectivity index (χ4n) is 3.68. The summed E-state index contributed by atoms with van der Waals surface area (Å²) in [7, 11) is 3.51. The molecule has 2 amide bonds. The summed E-state index contributed by atoms with van der Waals surface area (Å²) in [6.07, 6.45) is 4.74. The predicted molar refractivity (Wildman–Crippen MR) is 100 cm³/mol. The minimum absolute atomic E-state index is 0.00266. The van der Waals surface area contributed by atoms with E-state index in [1.807, 2.05) is 14.0 Å². The van der Waals surface area contributed by atoms with Crippen molar-refractivity contribution in [2.75, 3.05) is 27.2 Å². The number of likely N-dealkylation sites (N-methyl/N-ethyl adjacent to an activating group) is 1. The maximum absolute atomic E-state index is 12.7. The van der Waals surface area contributed by atoms with Gasteiger partial charge in [-0.3, -0.25) is 9.59 Å². The van der Waals surface area contributed by atoms with Crippen molar-refractivity contribution in [1.29, 1.82) is 0 Å². The second-order valence-corrected chi connectivity index (χ2v) is 7.46. The first-order valence-corrected chi connectivity index (χ1v) is 9.62. The normalized spacial score (nSPS) is 24.2. The monoisotopic (exact) mass is 355 g/mol. The number of carbonyl (C=O) groups is 2. The van der Waals surface area contributed by atoms with E-state index >= 15 is 0 Å². The van der Waals surface area contributed by atoms with Gasteiger partial charge in [-0.25, -0.2) is 0 Å². The lowest BCUT2D eigenvalue weighted by molar-refractivity contribution is -0.138. The van der Waals surface area contributed by atoms with Gasteiger partial charge in [-0.2, -0.15) is 0 Å². The Kier molecular flexibility index (Phi) is 8.86. The van der Waals surface area contributed by atoms with Crippen molar-refractivity contribution in [2.24, 2.45) is 5.92 Å². The highest BCUT2D eigenvalue weighted by Gasteiger charge is 2.35. The summed E-state index contributed by atoms with van der Waals surface area (Å²) in [5.41, 5.74) is -0.564. The van der Waals surface area contributed by atoms with Crippen LogP contribution in [-0.4, -0.2) is 61.6 Å². The van der Waals surface area contributed by atoms with Gasteiger partial charge in [-0.1, -0.05) is 27.2 Å². The van der Waals surface area contributed by atoms with Gasteiger partial charge in [0.05, 0.1) is 24.2 Å². The molecule has 0 spiro atoms. The lowest BCUT2D eigenvalue weighted by Gasteiger charge is -2.38. The van der Waals surface area contributed by atoms with Gasteiger partial charge < -0.3 is 20.3 Å². The molecule has 1 aliphatic rings. The van der Waals surface area contributed by atoms with Crippen molar-refractivity contribution < 1.29 is 14.3 Å². The van der Waals surface area contributed by atoms with Gasteiger partial charge in [0.15, 0.2) is 0 Å². The molecule has 1 aliphatic heterocycles. The molecule has 2 N–H and O–H groups in total. The first kappa shape index (κ1) is 21.9. The summed E-state index contributed by atoms with van der Waals surface area (Å²) in [6, 6.07) is 0.00722. The van der Waals surface area contributed by atoms with E-state index in [1.54, 1.807) is 12.0 Å². The fourth-order valence-corrected chi connectivity index (χ4v) is 3.68. The van der Waals surface area contributed by atoms with Crippen LogP contribution in [0.15, 0.2) is 0 Å². The number of hydrogen-bond donors (Lipinski definition) is 2. The number of carbonyl (C=O) groups excluding carboxylic acids is 2. The van der Waals surface area contributed by atoms with Gasteiger partial charge in [0, 0.05) is 14.2 Å². The standard InChI is InChI=1S/C19H37N3O3/c1-7-14(3)17(15(8-2)25-6)22(5)16(23)13-20-18(24)19(4)11-9-10-12-21-19/h14-15,17,21H,7-13H2,1-6H3,(H,20,24). The summed E-state index contributed by atoms with van der Waals surface area (Å²) in [4.78, 5) is 26.9. The SMILES string of the molecule is CCC(C)C(C(CC)OC)N(C)C(=O)CNC(=O)C1(C)CCCCN1. The Balaban J connectivity index is 2.68. The lowest BCUT2D eigenvalue weighted by Crippen LogP contribution is -2.58. The maximum Gasteiger partial charge on any atom is 0.242 e. The molecule has 0 aromatic rings. The van der Waals surface area contributed by atoms with E-state index in [4.69, 9.17) is 4.74 Å². The molecular weight excluding hydrogens is 318 g/mol. The van der Waals surface area contributed by atoms with E-state index in [0.717, 1.165) is 38.6 Å². The zero-order chi connectivity index (χ0) is 19.0. The summed E-state index contributed by atoms with van der Waals surface area (Å²) in [5.74, 6) is 0.161. The zero-order valence-corrected chi connectivity index (χ0v) is 16.9. The number of methoxy groups -OCH3 is 1. The number of rotatable bonds is 9. The van der Waals surface area contributed by atoms with Crippen LogP contribution in [0.25, 0.3) is 0 Å². The van der Waals surface area contributed by atoms with Crippen LogP contribution in [0.4, 0.5) is 0 Å². The Morgan fingerprint density at radius 2 is 1.96 bits per heavy atom. The number of nitrogens with one attached hydrogen (secondary N) is 2. The average Bonchev–Trinajstić information content (AvgIpc) is 2.63. The van der Waals surface area contributed by atoms with Crippen LogP contribution in [0.3, 0.4) is 0 Å². The second-order valence-electron chi connectivity index (χ2n) is 7.46. The molecule has 6 nitrogen and oxygen atoms in total. The molecule has 0 aliphatic carbocycles. The third-order valence-electron chi connectivity index (χ3n) is 5.67. The Hall–Kier alpha value is -1.14. The summed E-state index contributed by atoms with van der Waals surface area (Å²) < 4.78 is 5.60. The highest BCUT2D eigenvalue weighted by atomic mass is 16.5. The fraction of sp³-hybridized carbons (Fsp3) is 0.895. The Labute approximate surface area is 153 Å². The van der Waals surface area contributed by atoms with Crippen LogP contribution in [0, 0.1) is 5.92 Å². The number of piperidine rings is 1. The Bertz CT molecular complexity index is 432. The van der Waals surface area contributed by atoms with Crippen molar-refractivity contribution in [3.05, 3.63) is 0 Å². The number of ether oxygens (including phenoxy) is 1. The Morgan fingerprint density at radius 3 is 2.44 bits per heavy atom. The summed E-state index contributed by atoms with van der Waals surface area (Å²) in [5, 5.41) is 6.10. The van der Waals surface area contributed by atoms with Crippen LogP contribution in [0.5, 0.6) is 0 Å². The van der Waals surface area contributed by atoms with E-state index in [9.17, 15) is 9.59 Å². The molecule has 6 heteroatoms. The average molecular weight is 356 g/mol. The molecule has 25 heavy (non-hydrogen) atoms. The first-order valence-electron chi connectivity index (χ1n) is 9.62. The van der Waals surface area contributed by atoms with Crippen molar-refractivity contribution >= 4 is 11.8 Å². The molecule has 0 radical (unpaired) electrons. The van der Waals surface area contributed by atoms with E-state index in [0.29, 0.717) is 5.92 Å². The maximum atomic E-state index is 12.7. The number of amides is 2. The smallest absolute Gasteiger partial charge is 0.242 e. The highest BCUT2D eigenvalue weighted by molar-refractivity contribution is 5.90. The molecule has 4 unspecified atom stereocenters. The molecule has 1 saturated heterocycles. The topological polar surface area (TPSA) is 70.7 Å². The predicted octanol–water partition coefficient (Wildman–Crippen LogP) is 1.93. The third kappa shape index (κ3) is 5.68. The summed E-state index contributed by atoms with van der Waals surface area (Å²) >= 11 is 0. The summed E-state index contributed by atoms with van der Waals surface area (Å²) in [6.45, 7) is 9.12. The molecule has 1 rings (SSSR count). The Morgan fingerprint density at radius 1 is 1.28 bits per heavy atom. The molecule has 0 bridgehead atoms. The third-order valence-corrected chi connectivity index (χ3v) is 5.67. The van der Waals surface area contributed by atoms with Gasteiger partial charge in [-0.05, 0) is 45.1 Å². The molecule has 0 aromatic carbocycles. The van der Waals surface area contributed by atoms with E-state index in [-0.39, 0.29) is 30.5 Å². The van der Waals surface area contributed by atoms with Crippen LogP contribution in [0.1, 0.15) is 59.8 Å². The number of hydrogen-bond acceptors (Lipinski definition) is 4. The minimum atomic E-state index is -0.564. The second kappa shape index (κ2) is 10.1. The molecule has 0 saturated carbocycles. The van der Waals surface area contributed by atoms with Crippen molar-refractivity contribution in [2.45, 2.75) is 77.5 Å². The molecule has 0 aromatic heterocycles. The van der Waals surface area contributed by atoms with E-state index in [2.05, 4.69) is 31.4 Å². The molecular formula is C19H37N3O3. The number of nitrogens with zero attached hydrogens (tertiary/aromatic N) is 1. The lowest BCUT2D eigenvalue weighted by atomic mass is 9.90.